The molecule has 0 fully saturated rings. The van der Waals surface area contributed by atoms with Crippen LogP contribution in [0.15, 0.2) is 53.7 Å². The van der Waals surface area contributed by atoms with Crippen molar-refractivity contribution in [3.8, 4) is 0 Å². The molecule has 1 aromatic carbocycles. The van der Waals surface area contributed by atoms with Crippen molar-refractivity contribution < 1.29 is 0 Å². The van der Waals surface area contributed by atoms with Crippen LogP contribution in [-0.2, 0) is 6.54 Å². The summed E-state index contributed by atoms with van der Waals surface area (Å²) in [5.74, 6) is 0. The lowest BCUT2D eigenvalue weighted by molar-refractivity contribution is 0.730. The fraction of sp³-hybridized carbons (Fsp3) is 0.0714. The lowest BCUT2D eigenvalue weighted by Gasteiger charge is -2.06. The third-order valence-corrected chi connectivity index (χ3v) is 3.08. The molecule has 0 N–H and O–H groups in total. The van der Waals surface area contributed by atoms with E-state index in [1.807, 2.05) is 18.2 Å². The number of benzene rings is 1. The molecular formula is C14H10ClN3O. The number of rotatable bonds is 2. The van der Waals surface area contributed by atoms with Crippen molar-refractivity contribution in [2.75, 3.05) is 0 Å². The van der Waals surface area contributed by atoms with Gasteiger partial charge in [0.05, 0.1) is 29.5 Å². The van der Waals surface area contributed by atoms with E-state index in [9.17, 15) is 4.79 Å². The van der Waals surface area contributed by atoms with Crippen LogP contribution in [0.4, 0.5) is 0 Å². The van der Waals surface area contributed by atoms with Gasteiger partial charge in [-0.1, -0.05) is 23.7 Å². The molecular weight excluding hydrogens is 262 g/mol. The van der Waals surface area contributed by atoms with Gasteiger partial charge in [0.1, 0.15) is 0 Å². The molecule has 4 nitrogen and oxygen atoms in total. The molecule has 2 heterocycles. The number of halogens is 1. The van der Waals surface area contributed by atoms with Crippen LogP contribution in [0.2, 0.25) is 5.02 Å². The Balaban J connectivity index is 2.06. The third-order valence-electron chi connectivity index (χ3n) is 2.84. The summed E-state index contributed by atoms with van der Waals surface area (Å²) in [6.07, 6.45) is 3.16. The summed E-state index contributed by atoms with van der Waals surface area (Å²) >= 11 is 5.90. The van der Waals surface area contributed by atoms with E-state index in [1.165, 1.54) is 10.9 Å². The topological polar surface area (TPSA) is 47.8 Å². The Labute approximate surface area is 114 Å². The molecule has 94 valence electrons. The second-order valence-corrected chi connectivity index (χ2v) is 4.60. The van der Waals surface area contributed by atoms with E-state index in [4.69, 9.17) is 11.6 Å². The van der Waals surface area contributed by atoms with Gasteiger partial charge in [-0.05, 0) is 24.3 Å². The molecule has 0 saturated heterocycles. The number of aromatic nitrogens is 3. The molecule has 0 bridgehead atoms. The average molecular weight is 272 g/mol. The summed E-state index contributed by atoms with van der Waals surface area (Å²) in [4.78, 5) is 20.7. The van der Waals surface area contributed by atoms with Gasteiger partial charge in [0.2, 0.25) is 0 Å². The number of hydrogen-bond acceptors (Lipinski definition) is 3. The molecule has 0 radical (unpaired) electrons. The maximum absolute atomic E-state index is 12.3. The lowest BCUT2D eigenvalue weighted by Crippen LogP contribution is -2.21. The molecule has 0 unspecified atom stereocenters. The third kappa shape index (κ3) is 2.35. The molecule has 0 spiro atoms. The van der Waals surface area contributed by atoms with Crippen LogP contribution in [0, 0.1) is 0 Å². The van der Waals surface area contributed by atoms with Crippen LogP contribution in [-0.4, -0.2) is 14.5 Å². The van der Waals surface area contributed by atoms with Crippen LogP contribution in [0.25, 0.3) is 10.9 Å². The van der Waals surface area contributed by atoms with Gasteiger partial charge in [0.25, 0.3) is 5.56 Å². The van der Waals surface area contributed by atoms with Crippen LogP contribution in [0.5, 0.6) is 0 Å². The molecule has 5 heteroatoms. The van der Waals surface area contributed by atoms with E-state index in [-0.39, 0.29) is 5.56 Å². The van der Waals surface area contributed by atoms with E-state index in [0.717, 1.165) is 5.69 Å². The number of hydrogen-bond donors (Lipinski definition) is 0. The van der Waals surface area contributed by atoms with Gasteiger partial charge in [-0.25, -0.2) is 4.98 Å². The fourth-order valence-corrected chi connectivity index (χ4v) is 2.11. The first kappa shape index (κ1) is 11.9. The second-order valence-electron chi connectivity index (χ2n) is 4.16. The van der Waals surface area contributed by atoms with Crippen LogP contribution in [0.3, 0.4) is 0 Å². The van der Waals surface area contributed by atoms with Gasteiger partial charge in [0.15, 0.2) is 0 Å². The summed E-state index contributed by atoms with van der Waals surface area (Å²) in [6.45, 7) is 0.358. The van der Waals surface area contributed by atoms with E-state index >= 15 is 0 Å². The molecule has 0 saturated carbocycles. The van der Waals surface area contributed by atoms with Crippen LogP contribution < -0.4 is 5.56 Å². The van der Waals surface area contributed by atoms with Crippen LogP contribution >= 0.6 is 11.6 Å². The molecule has 3 aromatic rings. The molecule has 0 aliphatic carbocycles. The maximum Gasteiger partial charge on any atom is 0.261 e. The quantitative estimate of drug-likeness (QED) is 0.719. The van der Waals surface area contributed by atoms with Gasteiger partial charge in [-0.15, -0.1) is 0 Å². The molecule has 19 heavy (non-hydrogen) atoms. The Kier molecular flexibility index (Phi) is 3.01. The molecule has 2 aromatic heterocycles. The van der Waals surface area contributed by atoms with E-state index in [1.54, 1.807) is 24.4 Å². The minimum atomic E-state index is -0.0765. The molecule has 3 rings (SSSR count). The van der Waals surface area contributed by atoms with Crippen molar-refractivity contribution in [2.24, 2.45) is 0 Å². The van der Waals surface area contributed by atoms with Gasteiger partial charge in [0, 0.05) is 11.2 Å². The minimum absolute atomic E-state index is 0.0765. The first-order valence-corrected chi connectivity index (χ1v) is 6.16. The summed E-state index contributed by atoms with van der Waals surface area (Å²) < 4.78 is 1.53. The van der Waals surface area contributed by atoms with Gasteiger partial charge >= 0.3 is 0 Å². The molecule has 0 atom stereocenters. The van der Waals surface area contributed by atoms with Crippen molar-refractivity contribution in [2.45, 2.75) is 6.54 Å². The van der Waals surface area contributed by atoms with Crippen molar-refractivity contribution in [3.05, 3.63) is 70.0 Å². The monoisotopic (exact) mass is 271 g/mol. The largest absolute Gasteiger partial charge is 0.293 e. The van der Waals surface area contributed by atoms with Gasteiger partial charge in [-0.2, -0.15) is 0 Å². The second kappa shape index (κ2) is 4.82. The van der Waals surface area contributed by atoms with Gasteiger partial charge < -0.3 is 0 Å². The van der Waals surface area contributed by atoms with Crippen molar-refractivity contribution in [1.82, 2.24) is 14.5 Å². The SMILES string of the molecule is O=c1c2ccccc2ncn1Cc1cc(Cl)ccn1. The smallest absolute Gasteiger partial charge is 0.261 e. The molecule has 0 aliphatic rings. The zero-order valence-corrected chi connectivity index (χ0v) is 10.7. The highest BCUT2D eigenvalue weighted by Crippen LogP contribution is 2.09. The van der Waals surface area contributed by atoms with Crippen LogP contribution in [0.1, 0.15) is 5.69 Å². The Morgan fingerprint density at radius 3 is 2.84 bits per heavy atom. The summed E-state index contributed by atoms with van der Waals surface area (Å²) in [7, 11) is 0. The first-order valence-electron chi connectivity index (χ1n) is 5.79. The Hall–Kier alpha value is -2.20. The minimum Gasteiger partial charge on any atom is -0.293 e. The maximum atomic E-state index is 12.3. The number of pyridine rings is 1. The van der Waals surface area contributed by atoms with Crippen molar-refractivity contribution in [1.29, 1.82) is 0 Å². The van der Waals surface area contributed by atoms with E-state index < -0.39 is 0 Å². The van der Waals surface area contributed by atoms with Crippen molar-refractivity contribution in [3.63, 3.8) is 0 Å². The zero-order valence-electron chi connectivity index (χ0n) is 9.95. The number of fused-ring (bicyclic) bond motifs is 1. The Morgan fingerprint density at radius 1 is 1.16 bits per heavy atom. The predicted molar refractivity (Wildman–Crippen MR) is 74.4 cm³/mol. The summed E-state index contributed by atoms with van der Waals surface area (Å²) in [5, 5.41) is 1.21. The standard InChI is InChI=1S/C14H10ClN3O/c15-10-5-6-16-11(7-10)8-18-9-17-13-4-2-1-3-12(13)14(18)19/h1-7,9H,8H2. The zero-order chi connectivity index (χ0) is 13.2. The Bertz CT molecular complexity index is 798. The Morgan fingerprint density at radius 2 is 2.00 bits per heavy atom. The van der Waals surface area contributed by atoms with E-state index in [2.05, 4.69) is 9.97 Å². The van der Waals surface area contributed by atoms with E-state index in [0.29, 0.717) is 22.5 Å². The molecule has 0 aliphatic heterocycles. The number of nitrogens with zero attached hydrogens (tertiary/aromatic N) is 3. The highest BCUT2D eigenvalue weighted by molar-refractivity contribution is 6.30. The lowest BCUT2D eigenvalue weighted by atomic mass is 10.2. The summed E-state index contributed by atoms with van der Waals surface area (Å²) in [5.41, 5.74) is 1.35. The van der Waals surface area contributed by atoms with Crippen molar-refractivity contribution >= 4 is 22.5 Å². The highest BCUT2D eigenvalue weighted by Gasteiger charge is 2.04. The number of para-hydroxylation sites is 1. The molecule has 0 amide bonds. The average Bonchev–Trinajstić information content (AvgIpc) is 2.42. The predicted octanol–water partition coefficient (Wildman–Crippen LogP) is 2.49. The normalized spacial score (nSPS) is 10.8. The first-order chi connectivity index (χ1) is 9.24. The highest BCUT2D eigenvalue weighted by atomic mass is 35.5. The fourth-order valence-electron chi connectivity index (χ4n) is 1.93. The summed E-state index contributed by atoms with van der Waals surface area (Å²) in [6, 6.07) is 10.7. The van der Waals surface area contributed by atoms with Gasteiger partial charge in [-0.3, -0.25) is 14.3 Å².